The summed E-state index contributed by atoms with van der Waals surface area (Å²) in [6.07, 6.45) is 16.4. The number of methoxy groups -OCH3 is 1. The number of nitrogens with two attached hydrogens (primary N) is 1. The predicted molar refractivity (Wildman–Crippen MR) is 315 cm³/mol. The fourth-order valence-corrected chi connectivity index (χ4v) is 10.4. The minimum absolute atomic E-state index is 0.162. The number of carbonyl (C=O) groups excluding carboxylic acids is 2. The number of nitrogens with zero attached hydrogens (tertiary/aromatic N) is 8. The van der Waals surface area contributed by atoms with Crippen molar-refractivity contribution in [2.45, 2.75) is 65.5 Å². The molecule has 0 aliphatic carbocycles. The quantitative estimate of drug-likeness (QED) is 0.0712. The van der Waals surface area contributed by atoms with E-state index in [0.717, 1.165) is 77.7 Å². The summed E-state index contributed by atoms with van der Waals surface area (Å²) in [7, 11) is -5.59. The first kappa shape index (κ1) is 61.5. The van der Waals surface area contributed by atoms with Gasteiger partial charge in [0, 0.05) is 72.6 Å². The van der Waals surface area contributed by atoms with E-state index in [2.05, 4.69) is 75.1 Å². The smallest absolute Gasteiger partial charge is 0.339 e. The number of ether oxygens (including phenoxy) is 1. The molecular weight excluding hydrogens is 1170 g/mol. The number of halogens is 3. The van der Waals surface area contributed by atoms with Gasteiger partial charge in [-0.1, -0.05) is 0 Å². The SMILES string of the molecule is COC(=O)c1cnc2cc(Br)cnc2c1.Cc1cc([C@@H](C)N)c(F)cc1NS(C)(=O)=O.Cc1cc([C@@H](C)NC(=O)c2cnc3cc(N4CCCC4)cnc3c2)c(F)cc1NS(C)(=O)=O.O=C(O)c1cnc2cc(N3CCCC3)cnc2c1. The molecule has 6 N–H and O–H groups in total. The Bertz CT molecular complexity index is 3930. The lowest BCUT2D eigenvalue weighted by Crippen LogP contribution is -2.27. The van der Waals surface area contributed by atoms with E-state index in [4.69, 9.17) is 10.8 Å². The number of carboxylic acid groups (broad SMARTS) is 1. The number of aryl methyl sites for hydroxylation is 2. The highest BCUT2D eigenvalue weighted by atomic mass is 79.9. The fraction of sp³-hybridized carbons (Fsp3) is 0.304. The maximum absolute atomic E-state index is 14.7. The van der Waals surface area contributed by atoms with Crippen LogP contribution in [0, 0.1) is 25.5 Å². The van der Waals surface area contributed by atoms with E-state index in [-0.39, 0.29) is 22.5 Å². The van der Waals surface area contributed by atoms with Crippen LogP contribution in [0.2, 0.25) is 0 Å². The third kappa shape index (κ3) is 16.5. The van der Waals surface area contributed by atoms with Gasteiger partial charge >= 0.3 is 11.9 Å². The normalized spacial score (nSPS) is 13.9. The summed E-state index contributed by atoms with van der Waals surface area (Å²) in [5.41, 5.74) is 14.9. The van der Waals surface area contributed by atoms with Gasteiger partial charge in [-0.25, -0.2) is 35.2 Å². The van der Waals surface area contributed by atoms with Gasteiger partial charge in [0.2, 0.25) is 20.0 Å². The Morgan fingerprint density at radius 2 is 0.988 bits per heavy atom. The molecule has 2 saturated heterocycles. The molecule has 2 atom stereocenters. The van der Waals surface area contributed by atoms with Gasteiger partial charge in [0.1, 0.15) is 11.6 Å². The van der Waals surface area contributed by atoms with Gasteiger partial charge in [-0.05, 0) is 141 Å². The van der Waals surface area contributed by atoms with Crippen LogP contribution < -0.4 is 30.3 Å². The molecule has 0 radical (unpaired) electrons. The number of sulfonamides is 2. The Morgan fingerprint density at radius 1 is 0.598 bits per heavy atom. The van der Waals surface area contributed by atoms with Crippen molar-refractivity contribution in [3.05, 3.63) is 153 Å². The fourth-order valence-electron chi connectivity index (χ4n) is 8.79. The highest BCUT2D eigenvalue weighted by molar-refractivity contribution is 9.10. The zero-order valence-corrected chi connectivity index (χ0v) is 49.1. The number of hydrogen-bond acceptors (Lipinski definition) is 17. The summed E-state index contributed by atoms with van der Waals surface area (Å²) >= 11 is 3.30. The van der Waals surface area contributed by atoms with E-state index in [1.54, 1.807) is 70.6 Å². The summed E-state index contributed by atoms with van der Waals surface area (Å²) in [4.78, 5) is 65.0. The number of fused-ring (bicyclic) bond motifs is 3. The van der Waals surface area contributed by atoms with Gasteiger partial charge < -0.3 is 30.7 Å². The number of rotatable bonds is 12. The molecule has 1 amide bonds. The van der Waals surface area contributed by atoms with Crippen LogP contribution >= 0.6 is 15.9 Å². The molecule has 432 valence electrons. The summed E-state index contributed by atoms with van der Waals surface area (Å²) in [6.45, 7) is 10.8. The number of nitrogens with one attached hydrogen (secondary N) is 3. The minimum atomic E-state index is -3.53. The standard InChI is InChI=1S/C23H26FN5O3S.C13H13N3O2.C10H7BrN2O2.C10H15FN2O2S/c1-14-8-18(19(24)11-20(14)28-33(3,31)32)15(2)27-23(30)16-9-21-22(25-12-16)10-17(13-26-21)29-6-4-5-7-29;17-13(18)9-5-11-12(14-7-9)6-10(8-15-11)16-3-1-2-4-16;1-15-10(14)6-2-8-9(12-4-6)3-7(11)5-13-8;1-6-4-8(7(2)12)9(11)5-10(6)13-16(3,14)15/h8-13,15,28H,4-7H2,1-3H3,(H,27,30);5-8H,1-4H2,(H,17,18);2-5H,1H3;4-5,7,13H,12H2,1-3H3/t15-;;;7-/m1..1/s1. The highest BCUT2D eigenvalue weighted by Crippen LogP contribution is 2.28. The Hall–Kier alpha value is -8.07. The molecule has 0 spiro atoms. The van der Waals surface area contributed by atoms with Crippen molar-refractivity contribution in [1.82, 2.24) is 35.2 Å². The molecule has 0 unspecified atom stereocenters. The lowest BCUT2D eigenvalue weighted by molar-refractivity contribution is 0.0599. The van der Waals surface area contributed by atoms with Crippen molar-refractivity contribution in [3.63, 3.8) is 0 Å². The second-order valence-corrected chi connectivity index (χ2v) is 24.0. The second-order valence-electron chi connectivity index (χ2n) is 19.6. The van der Waals surface area contributed by atoms with Crippen molar-refractivity contribution >= 4 is 110 Å². The molecule has 2 fully saturated rings. The van der Waals surface area contributed by atoms with Crippen LogP contribution in [0.3, 0.4) is 0 Å². The number of carbonyl (C=O) groups is 3. The number of benzene rings is 2. The van der Waals surface area contributed by atoms with Crippen LogP contribution in [-0.2, 0) is 24.8 Å². The Labute approximate surface area is 481 Å². The van der Waals surface area contributed by atoms with Crippen LogP contribution in [0.5, 0.6) is 0 Å². The maximum atomic E-state index is 14.7. The maximum Gasteiger partial charge on any atom is 0.339 e. The van der Waals surface area contributed by atoms with Gasteiger partial charge in [0.15, 0.2) is 0 Å². The second kappa shape index (κ2) is 26.7. The van der Waals surface area contributed by atoms with Gasteiger partial charge in [0.25, 0.3) is 5.91 Å². The number of pyridine rings is 6. The topological polar surface area (TPSA) is 295 Å². The number of amides is 1. The summed E-state index contributed by atoms with van der Waals surface area (Å²) in [6, 6.07) is 14.9. The van der Waals surface area contributed by atoms with Crippen LogP contribution in [0.1, 0.15) is 105 Å². The third-order valence-corrected chi connectivity index (χ3v) is 14.6. The molecule has 0 saturated carbocycles. The largest absolute Gasteiger partial charge is 0.478 e. The summed E-state index contributed by atoms with van der Waals surface area (Å²) in [5, 5.41) is 11.7. The number of anilines is 4. The van der Waals surface area contributed by atoms with Gasteiger partial charge in [0.05, 0.1) is 111 Å². The molecule has 8 heterocycles. The Morgan fingerprint density at radius 3 is 1.45 bits per heavy atom. The van der Waals surface area contributed by atoms with E-state index < -0.39 is 61.6 Å². The molecule has 6 aromatic heterocycles. The van der Waals surface area contributed by atoms with E-state index in [1.807, 2.05) is 18.2 Å². The number of hydrogen-bond donors (Lipinski definition) is 5. The molecule has 2 aliphatic heterocycles. The lowest BCUT2D eigenvalue weighted by Gasteiger charge is -2.18. The van der Waals surface area contributed by atoms with Gasteiger partial charge in [-0.2, -0.15) is 0 Å². The molecule has 21 nitrogen and oxygen atoms in total. The molecule has 2 aromatic carbocycles. The predicted octanol–water partition coefficient (Wildman–Crippen LogP) is 9.17. The molecular formula is C56H61BrF2N12O9S2. The van der Waals surface area contributed by atoms with Crippen LogP contribution in [0.25, 0.3) is 33.1 Å². The molecule has 2 aliphatic rings. The van der Waals surface area contributed by atoms with Crippen molar-refractivity contribution in [2.24, 2.45) is 5.73 Å². The molecule has 26 heteroatoms. The highest BCUT2D eigenvalue weighted by Gasteiger charge is 2.21. The average molecular weight is 1230 g/mol. The molecule has 8 aromatic rings. The van der Waals surface area contributed by atoms with Crippen molar-refractivity contribution in [3.8, 4) is 0 Å². The first-order chi connectivity index (χ1) is 38.7. The third-order valence-electron chi connectivity index (χ3n) is 13.0. The summed E-state index contributed by atoms with van der Waals surface area (Å²) < 4.78 is 83.2. The minimum Gasteiger partial charge on any atom is -0.478 e. The van der Waals surface area contributed by atoms with E-state index in [9.17, 15) is 40.0 Å². The molecule has 0 bridgehead atoms. The van der Waals surface area contributed by atoms with E-state index in [1.165, 1.54) is 57.4 Å². The zero-order chi connectivity index (χ0) is 59.6. The molecule has 82 heavy (non-hydrogen) atoms. The monoisotopic (exact) mass is 1230 g/mol. The van der Waals surface area contributed by atoms with Crippen LogP contribution in [-0.4, -0.2) is 115 Å². The van der Waals surface area contributed by atoms with Crippen molar-refractivity contribution in [2.75, 3.05) is 65.0 Å². The number of aromatic nitrogens is 6. The van der Waals surface area contributed by atoms with Gasteiger partial charge in [-0.3, -0.25) is 44.1 Å². The Balaban J connectivity index is 0.000000168. The number of carboxylic acids is 1. The number of aromatic carboxylic acids is 1. The van der Waals surface area contributed by atoms with E-state index in [0.29, 0.717) is 49.9 Å². The van der Waals surface area contributed by atoms with Gasteiger partial charge in [-0.15, -0.1) is 0 Å². The zero-order valence-electron chi connectivity index (χ0n) is 45.9. The van der Waals surface area contributed by atoms with E-state index >= 15 is 0 Å². The van der Waals surface area contributed by atoms with Crippen LogP contribution in [0.15, 0.2) is 102 Å². The van der Waals surface area contributed by atoms with Crippen LogP contribution in [0.4, 0.5) is 31.5 Å². The summed E-state index contributed by atoms with van der Waals surface area (Å²) in [5.74, 6) is -2.92. The first-order valence-electron chi connectivity index (χ1n) is 25.6. The van der Waals surface area contributed by atoms with Crippen molar-refractivity contribution in [1.29, 1.82) is 0 Å². The average Bonchev–Trinajstić information content (AvgIpc) is 4.29. The molecule has 10 rings (SSSR count). The van der Waals surface area contributed by atoms with Crippen molar-refractivity contribution < 1.29 is 49.8 Å². The lowest BCUT2D eigenvalue weighted by atomic mass is 10.0. The number of esters is 1. The Kier molecular flexibility index (Phi) is 20.0. The first-order valence-corrected chi connectivity index (χ1v) is 30.2.